The van der Waals surface area contributed by atoms with Crippen LogP contribution in [0.3, 0.4) is 0 Å². The Morgan fingerprint density at radius 2 is 2.04 bits per heavy atom. The number of aliphatic hydroxyl groups excluding tert-OH is 3. The van der Waals surface area contributed by atoms with Crippen LogP contribution in [0.4, 0.5) is 4.39 Å². The highest BCUT2D eigenvalue weighted by Crippen LogP contribution is 2.40. The molecule has 1 aromatic heterocycles. The highest BCUT2D eigenvalue weighted by atomic mass is 19.1. The maximum Gasteiger partial charge on any atom is 0.215 e. The van der Waals surface area contributed by atoms with Gasteiger partial charge in [-0.3, -0.25) is 0 Å². The molecule has 1 aromatic carbocycles. The molecular formula is C15H16FN3O5. The van der Waals surface area contributed by atoms with Crippen LogP contribution in [-0.2, 0) is 21.8 Å². The minimum Gasteiger partial charge on any atom is -0.394 e. The van der Waals surface area contributed by atoms with Gasteiger partial charge in [-0.15, -0.1) is 5.10 Å². The van der Waals surface area contributed by atoms with E-state index < -0.39 is 30.6 Å². The fourth-order valence-corrected chi connectivity index (χ4v) is 3.23. The summed E-state index contributed by atoms with van der Waals surface area (Å²) in [5.41, 5.74) is 0.209. The summed E-state index contributed by atoms with van der Waals surface area (Å²) in [7, 11) is 0. The summed E-state index contributed by atoms with van der Waals surface area (Å²) in [6.45, 7) is -0.312. The van der Waals surface area contributed by atoms with Crippen molar-refractivity contribution in [1.82, 2.24) is 15.0 Å². The quantitative estimate of drug-likeness (QED) is 0.670. The molecule has 0 bridgehead atoms. The van der Waals surface area contributed by atoms with Crippen LogP contribution in [-0.4, -0.2) is 61.8 Å². The van der Waals surface area contributed by atoms with Gasteiger partial charge in [0, 0.05) is 5.56 Å². The van der Waals surface area contributed by atoms with E-state index in [9.17, 15) is 19.7 Å². The fraction of sp³-hybridized carbons (Fsp3) is 0.467. The van der Waals surface area contributed by atoms with Gasteiger partial charge in [-0.2, -0.15) is 0 Å². The van der Waals surface area contributed by atoms with Gasteiger partial charge in [0.15, 0.2) is 0 Å². The van der Waals surface area contributed by atoms with Gasteiger partial charge in [-0.1, -0.05) is 5.21 Å². The van der Waals surface area contributed by atoms with Crippen molar-refractivity contribution in [3.05, 3.63) is 35.8 Å². The number of aromatic nitrogens is 3. The number of benzene rings is 1. The third kappa shape index (κ3) is 2.10. The van der Waals surface area contributed by atoms with Crippen LogP contribution in [0.1, 0.15) is 5.69 Å². The highest BCUT2D eigenvalue weighted by molar-refractivity contribution is 5.61. The molecule has 8 nitrogen and oxygen atoms in total. The molecule has 0 amide bonds. The van der Waals surface area contributed by atoms with Crippen molar-refractivity contribution in [2.24, 2.45) is 0 Å². The lowest BCUT2D eigenvalue weighted by molar-refractivity contribution is -0.208. The van der Waals surface area contributed by atoms with E-state index in [1.165, 1.54) is 16.8 Å². The molecular weight excluding hydrogens is 321 g/mol. The third-order valence-corrected chi connectivity index (χ3v) is 4.49. The van der Waals surface area contributed by atoms with E-state index in [0.717, 1.165) is 0 Å². The molecule has 2 aromatic rings. The zero-order chi connectivity index (χ0) is 16.9. The summed E-state index contributed by atoms with van der Waals surface area (Å²) in [5.74, 6) is -0.365. The minimum atomic E-state index is -1.45. The second-order valence-corrected chi connectivity index (χ2v) is 5.92. The number of nitrogens with zero attached hydrogens (tertiary/aromatic N) is 3. The second kappa shape index (κ2) is 5.57. The number of hydrogen-bond donors (Lipinski definition) is 3. The molecule has 24 heavy (non-hydrogen) atoms. The molecule has 0 unspecified atom stereocenters. The number of ether oxygens (including phenoxy) is 2. The van der Waals surface area contributed by atoms with E-state index in [0.29, 0.717) is 17.0 Å². The first-order valence-corrected chi connectivity index (χ1v) is 7.50. The largest absolute Gasteiger partial charge is 0.394 e. The molecule has 4 atom stereocenters. The monoisotopic (exact) mass is 337 g/mol. The number of hydrogen-bond acceptors (Lipinski definition) is 7. The van der Waals surface area contributed by atoms with E-state index in [1.54, 1.807) is 12.1 Å². The SMILES string of the molecule is OC[C@H]1O[C@]2(COCc3c(-c4ccc(F)cc4)nnn32)[C@H](O)[C@@H]1O. The molecule has 2 aliphatic rings. The zero-order valence-electron chi connectivity index (χ0n) is 12.5. The molecule has 3 heterocycles. The van der Waals surface area contributed by atoms with Crippen molar-refractivity contribution in [3.63, 3.8) is 0 Å². The van der Waals surface area contributed by atoms with Gasteiger partial charge in [-0.05, 0) is 24.3 Å². The predicted octanol–water partition coefficient (Wildman–Crippen LogP) is -0.620. The smallest absolute Gasteiger partial charge is 0.215 e. The lowest BCUT2D eigenvalue weighted by Crippen LogP contribution is -2.52. The van der Waals surface area contributed by atoms with Gasteiger partial charge in [-0.25, -0.2) is 9.07 Å². The molecule has 0 aliphatic carbocycles. The van der Waals surface area contributed by atoms with Crippen LogP contribution in [0.15, 0.2) is 24.3 Å². The first-order chi connectivity index (χ1) is 11.6. The molecule has 3 N–H and O–H groups in total. The average Bonchev–Trinajstić information content (AvgIpc) is 3.13. The summed E-state index contributed by atoms with van der Waals surface area (Å²) in [6.07, 6.45) is -3.56. The third-order valence-electron chi connectivity index (χ3n) is 4.49. The van der Waals surface area contributed by atoms with Crippen molar-refractivity contribution >= 4 is 0 Å². The normalized spacial score (nSPS) is 32.2. The molecule has 0 radical (unpaired) electrons. The summed E-state index contributed by atoms with van der Waals surface area (Å²) in [6, 6.07) is 5.76. The van der Waals surface area contributed by atoms with Gasteiger partial charge >= 0.3 is 0 Å². The van der Waals surface area contributed by atoms with Crippen LogP contribution in [0.2, 0.25) is 0 Å². The van der Waals surface area contributed by atoms with E-state index in [1.807, 2.05) is 0 Å². The summed E-state index contributed by atoms with van der Waals surface area (Å²) >= 11 is 0. The molecule has 128 valence electrons. The van der Waals surface area contributed by atoms with Crippen LogP contribution in [0.25, 0.3) is 11.3 Å². The van der Waals surface area contributed by atoms with Crippen molar-refractivity contribution in [2.75, 3.05) is 13.2 Å². The molecule has 1 spiro atoms. The molecule has 1 saturated heterocycles. The summed E-state index contributed by atoms with van der Waals surface area (Å²) < 4.78 is 25.7. The summed E-state index contributed by atoms with van der Waals surface area (Å²) in [4.78, 5) is 0. The van der Waals surface area contributed by atoms with Crippen molar-refractivity contribution in [1.29, 1.82) is 0 Å². The number of fused-ring (bicyclic) bond motifs is 2. The molecule has 2 aliphatic heterocycles. The number of rotatable bonds is 2. The standard InChI is InChI=1S/C15H16FN3O5/c16-9-3-1-8(2-4-9)12-10-6-23-7-15(19(10)18-17-12)14(22)13(21)11(5-20)24-15/h1-4,11,13-14,20-22H,5-7H2/t11-,13-,14-,15-/m1/s1. The molecule has 9 heteroatoms. The first kappa shape index (κ1) is 15.6. The zero-order valence-corrected chi connectivity index (χ0v) is 12.5. The van der Waals surface area contributed by atoms with Gasteiger partial charge in [0.25, 0.3) is 0 Å². The number of aliphatic hydroxyl groups is 3. The fourth-order valence-electron chi connectivity index (χ4n) is 3.23. The Morgan fingerprint density at radius 3 is 2.71 bits per heavy atom. The lowest BCUT2D eigenvalue weighted by atomic mass is 10.0. The van der Waals surface area contributed by atoms with Crippen molar-refractivity contribution < 1.29 is 29.2 Å². The van der Waals surface area contributed by atoms with Gasteiger partial charge < -0.3 is 24.8 Å². The Kier molecular flexibility index (Phi) is 3.62. The number of halogens is 1. The van der Waals surface area contributed by atoms with E-state index in [2.05, 4.69) is 10.3 Å². The van der Waals surface area contributed by atoms with Crippen LogP contribution in [0, 0.1) is 5.82 Å². The van der Waals surface area contributed by atoms with Gasteiger partial charge in [0.1, 0.15) is 29.8 Å². The molecule has 1 fully saturated rings. The average molecular weight is 337 g/mol. The Bertz CT molecular complexity index is 752. The van der Waals surface area contributed by atoms with Crippen molar-refractivity contribution in [3.8, 4) is 11.3 Å². The minimum absolute atomic E-state index is 0.0407. The van der Waals surface area contributed by atoms with Crippen LogP contribution < -0.4 is 0 Å². The van der Waals surface area contributed by atoms with E-state index in [-0.39, 0.29) is 19.0 Å². The topological polar surface area (TPSA) is 110 Å². The summed E-state index contributed by atoms with van der Waals surface area (Å²) in [5, 5.41) is 38.0. The first-order valence-electron chi connectivity index (χ1n) is 7.50. The second-order valence-electron chi connectivity index (χ2n) is 5.92. The van der Waals surface area contributed by atoms with Crippen molar-refractivity contribution in [2.45, 2.75) is 30.6 Å². The Morgan fingerprint density at radius 1 is 1.29 bits per heavy atom. The van der Waals surface area contributed by atoms with E-state index >= 15 is 0 Å². The van der Waals surface area contributed by atoms with Gasteiger partial charge in [0.05, 0.1) is 25.5 Å². The predicted molar refractivity (Wildman–Crippen MR) is 77.0 cm³/mol. The Labute approximate surface area is 136 Å². The van der Waals surface area contributed by atoms with E-state index in [4.69, 9.17) is 9.47 Å². The van der Waals surface area contributed by atoms with Gasteiger partial charge in [0.2, 0.25) is 5.72 Å². The van der Waals surface area contributed by atoms with Crippen LogP contribution >= 0.6 is 0 Å². The highest BCUT2D eigenvalue weighted by Gasteiger charge is 2.58. The lowest BCUT2D eigenvalue weighted by Gasteiger charge is -2.36. The Hall–Kier alpha value is -1.91. The van der Waals surface area contributed by atoms with Crippen LogP contribution in [0.5, 0.6) is 0 Å². The molecule has 0 saturated carbocycles. The molecule has 4 rings (SSSR count). The maximum atomic E-state index is 13.1. The Balaban J connectivity index is 1.79. The maximum absolute atomic E-state index is 13.1.